The van der Waals surface area contributed by atoms with Crippen LogP contribution in [-0.2, 0) is 11.3 Å². The molecule has 1 amide bonds. The van der Waals surface area contributed by atoms with Crippen LogP contribution in [-0.4, -0.2) is 40.5 Å². The van der Waals surface area contributed by atoms with Crippen molar-refractivity contribution in [2.75, 3.05) is 13.1 Å². The van der Waals surface area contributed by atoms with E-state index < -0.39 is 0 Å². The van der Waals surface area contributed by atoms with Gasteiger partial charge in [0.2, 0.25) is 5.91 Å². The first-order valence-corrected chi connectivity index (χ1v) is 6.17. The van der Waals surface area contributed by atoms with Crippen molar-refractivity contribution in [3.8, 4) is 0 Å². The summed E-state index contributed by atoms with van der Waals surface area (Å²) in [7, 11) is 0. The second-order valence-electron chi connectivity index (χ2n) is 5.39. The molecule has 0 spiro atoms. The average Bonchev–Trinajstić information content (AvgIpc) is 2.28. The number of nitrogens with two attached hydrogens (primary N) is 1. The maximum atomic E-state index is 12.0. The zero-order valence-electron chi connectivity index (χ0n) is 10.9. The summed E-state index contributed by atoms with van der Waals surface area (Å²) in [5, 5.41) is 3.00. The molecule has 0 radical (unpaired) electrons. The summed E-state index contributed by atoms with van der Waals surface area (Å²) >= 11 is 0. The number of carbonyl (C=O) groups is 1. The SMILES string of the molecule is CC1(C)CN(Cc2cccnc2)C(CN)C(=O)N1. The van der Waals surface area contributed by atoms with E-state index in [0.29, 0.717) is 13.1 Å². The van der Waals surface area contributed by atoms with E-state index in [2.05, 4.69) is 15.2 Å². The Morgan fingerprint density at radius 2 is 2.39 bits per heavy atom. The first-order valence-electron chi connectivity index (χ1n) is 6.17. The summed E-state index contributed by atoms with van der Waals surface area (Å²) < 4.78 is 0. The highest BCUT2D eigenvalue weighted by atomic mass is 16.2. The molecule has 1 aromatic heterocycles. The van der Waals surface area contributed by atoms with Gasteiger partial charge in [-0.2, -0.15) is 0 Å². The molecule has 0 aliphatic carbocycles. The van der Waals surface area contributed by atoms with Gasteiger partial charge in [0.15, 0.2) is 0 Å². The monoisotopic (exact) mass is 248 g/mol. The zero-order chi connectivity index (χ0) is 13.2. The van der Waals surface area contributed by atoms with Crippen molar-refractivity contribution in [3.05, 3.63) is 30.1 Å². The predicted molar refractivity (Wildman–Crippen MR) is 69.7 cm³/mol. The van der Waals surface area contributed by atoms with E-state index in [4.69, 9.17) is 5.73 Å². The maximum absolute atomic E-state index is 12.0. The van der Waals surface area contributed by atoms with Gasteiger partial charge in [-0.3, -0.25) is 14.7 Å². The molecular formula is C13H20N4O. The molecular weight excluding hydrogens is 228 g/mol. The van der Waals surface area contributed by atoms with E-state index in [0.717, 1.165) is 12.1 Å². The Bertz CT molecular complexity index is 418. The van der Waals surface area contributed by atoms with Crippen molar-refractivity contribution in [1.82, 2.24) is 15.2 Å². The minimum absolute atomic E-state index is 0.0117. The van der Waals surface area contributed by atoms with Gasteiger partial charge in [0.05, 0.1) is 0 Å². The van der Waals surface area contributed by atoms with Crippen molar-refractivity contribution in [3.63, 3.8) is 0 Å². The van der Waals surface area contributed by atoms with Gasteiger partial charge in [0, 0.05) is 37.6 Å². The number of amides is 1. The van der Waals surface area contributed by atoms with E-state index in [1.165, 1.54) is 0 Å². The van der Waals surface area contributed by atoms with Gasteiger partial charge >= 0.3 is 0 Å². The molecule has 5 nitrogen and oxygen atoms in total. The van der Waals surface area contributed by atoms with Crippen LogP contribution in [0.25, 0.3) is 0 Å². The van der Waals surface area contributed by atoms with E-state index >= 15 is 0 Å². The topological polar surface area (TPSA) is 71.2 Å². The fourth-order valence-corrected chi connectivity index (χ4v) is 2.39. The van der Waals surface area contributed by atoms with Crippen LogP contribution in [0, 0.1) is 0 Å². The molecule has 0 saturated carbocycles. The molecule has 1 fully saturated rings. The van der Waals surface area contributed by atoms with Gasteiger partial charge in [-0.05, 0) is 25.5 Å². The maximum Gasteiger partial charge on any atom is 0.239 e. The number of pyridine rings is 1. The number of piperazine rings is 1. The van der Waals surface area contributed by atoms with Crippen LogP contribution in [0.4, 0.5) is 0 Å². The van der Waals surface area contributed by atoms with Crippen molar-refractivity contribution in [1.29, 1.82) is 0 Å². The number of aromatic nitrogens is 1. The molecule has 1 aliphatic heterocycles. The highest BCUT2D eigenvalue weighted by Crippen LogP contribution is 2.18. The molecule has 3 N–H and O–H groups in total. The summed E-state index contributed by atoms with van der Waals surface area (Å²) in [5.74, 6) is 0.0117. The highest BCUT2D eigenvalue weighted by Gasteiger charge is 2.37. The lowest BCUT2D eigenvalue weighted by atomic mass is 9.97. The molecule has 98 valence electrons. The lowest BCUT2D eigenvalue weighted by Gasteiger charge is -2.43. The summed E-state index contributed by atoms with van der Waals surface area (Å²) in [4.78, 5) is 18.2. The van der Waals surface area contributed by atoms with Gasteiger partial charge in [0.25, 0.3) is 0 Å². The van der Waals surface area contributed by atoms with E-state index in [-0.39, 0.29) is 17.5 Å². The Morgan fingerprint density at radius 3 is 3.00 bits per heavy atom. The van der Waals surface area contributed by atoms with Gasteiger partial charge < -0.3 is 11.1 Å². The molecule has 1 saturated heterocycles. The van der Waals surface area contributed by atoms with Crippen LogP contribution in [0.5, 0.6) is 0 Å². The number of carbonyl (C=O) groups excluding carboxylic acids is 1. The smallest absolute Gasteiger partial charge is 0.239 e. The zero-order valence-corrected chi connectivity index (χ0v) is 10.9. The van der Waals surface area contributed by atoms with Gasteiger partial charge in [-0.1, -0.05) is 6.07 Å². The molecule has 2 rings (SSSR count). The van der Waals surface area contributed by atoms with Crippen LogP contribution in [0.1, 0.15) is 19.4 Å². The van der Waals surface area contributed by atoms with Crippen LogP contribution in [0.3, 0.4) is 0 Å². The molecule has 1 unspecified atom stereocenters. The number of nitrogens with one attached hydrogen (secondary N) is 1. The summed E-state index contributed by atoms with van der Waals surface area (Å²) in [6.45, 7) is 5.87. The van der Waals surface area contributed by atoms with Crippen LogP contribution < -0.4 is 11.1 Å². The predicted octanol–water partition coefficient (Wildman–Crippen LogP) is 0.119. The third-order valence-corrected chi connectivity index (χ3v) is 3.14. The molecule has 1 atom stereocenters. The van der Waals surface area contributed by atoms with E-state index in [9.17, 15) is 4.79 Å². The first kappa shape index (κ1) is 13.0. The fourth-order valence-electron chi connectivity index (χ4n) is 2.39. The van der Waals surface area contributed by atoms with Crippen molar-refractivity contribution >= 4 is 5.91 Å². The average molecular weight is 248 g/mol. The Hall–Kier alpha value is -1.46. The summed E-state index contributed by atoms with van der Waals surface area (Å²) in [6, 6.07) is 3.67. The lowest BCUT2D eigenvalue weighted by molar-refractivity contribution is -0.132. The number of nitrogens with zero attached hydrogens (tertiary/aromatic N) is 2. The Labute approximate surface area is 107 Å². The lowest BCUT2D eigenvalue weighted by Crippen LogP contribution is -2.66. The Balaban J connectivity index is 2.15. The second-order valence-corrected chi connectivity index (χ2v) is 5.39. The normalized spacial score (nSPS) is 23.7. The van der Waals surface area contributed by atoms with Crippen molar-refractivity contribution < 1.29 is 4.79 Å². The van der Waals surface area contributed by atoms with Crippen LogP contribution >= 0.6 is 0 Å². The van der Waals surface area contributed by atoms with Gasteiger partial charge in [-0.15, -0.1) is 0 Å². The minimum Gasteiger partial charge on any atom is -0.349 e. The Morgan fingerprint density at radius 1 is 1.61 bits per heavy atom. The number of hydrogen-bond acceptors (Lipinski definition) is 4. The first-order chi connectivity index (χ1) is 8.52. The molecule has 1 aliphatic rings. The molecule has 0 aromatic carbocycles. The largest absolute Gasteiger partial charge is 0.349 e. The standard InChI is InChI=1S/C13H20N4O/c1-13(2)9-17(11(6-14)12(18)16-13)8-10-4-3-5-15-7-10/h3-5,7,11H,6,8-9,14H2,1-2H3,(H,16,18). The molecule has 18 heavy (non-hydrogen) atoms. The van der Waals surface area contributed by atoms with Crippen LogP contribution in [0.15, 0.2) is 24.5 Å². The van der Waals surface area contributed by atoms with Crippen molar-refractivity contribution in [2.45, 2.75) is 32.0 Å². The summed E-state index contributed by atoms with van der Waals surface area (Å²) in [5.41, 5.74) is 6.59. The van der Waals surface area contributed by atoms with E-state index in [1.807, 2.05) is 32.2 Å². The van der Waals surface area contributed by atoms with Gasteiger partial charge in [0.1, 0.15) is 6.04 Å². The third-order valence-electron chi connectivity index (χ3n) is 3.14. The molecule has 1 aromatic rings. The quantitative estimate of drug-likeness (QED) is 0.797. The molecule has 2 heterocycles. The van der Waals surface area contributed by atoms with Crippen LogP contribution in [0.2, 0.25) is 0 Å². The summed E-state index contributed by atoms with van der Waals surface area (Å²) in [6.07, 6.45) is 3.57. The van der Waals surface area contributed by atoms with Gasteiger partial charge in [-0.25, -0.2) is 0 Å². The van der Waals surface area contributed by atoms with Crippen molar-refractivity contribution in [2.24, 2.45) is 5.73 Å². The molecule has 0 bridgehead atoms. The highest BCUT2D eigenvalue weighted by molar-refractivity contribution is 5.83. The molecule has 5 heteroatoms. The fraction of sp³-hybridized carbons (Fsp3) is 0.538. The second kappa shape index (κ2) is 5.04. The third kappa shape index (κ3) is 2.86. The van der Waals surface area contributed by atoms with E-state index in [1.54, 1.807) is 6.20 Å². The Kier molecular flexibility index (Phi) is 3.63. The minimum atomic E-state index is -0.252. The number of rotatable bonds is 3. The number of hydrogen-bond donors (Lipinski definition) is 2.